The zero-order chi connectivity index (χ0) is 14.7. The van der Waals surface area contributed by atoms with E-state index in [-0.39, 0.29) is 24.5 Å². The number of ether oxygens (including phenoxy) is 1. The van der Waals surface area contributed by atoms with Gasteiger partial charge in [0.05, 0.1) is 0 Å². The molecule has 2 aliphatic rings. The van der Waals surface area contributed by atoms with E-state index >= 15 is 0 Å². The molecule has 4 nitrogen and oxygen atoms in total. The first kappa shape index (κ1) is 14.6. The number of aryl methyl sites for hydroxylation is 2. The number of thiophene rings is 1. The third-order valence-corrected chi connectivity index (χ3v) is 5.47. The molecule has 1 fully saturated rings. The summed E-state index contributed by atoms with van der Waals surface area (Å²) in [5.41, 5.74) is 1.28. The first-order valence-electron chi connectivity index (χ1n) is 7.80. The fraction of sp³-hybridized carbons (Fsp3) is 0.625. The topological polar surface area (TPSA) is 55.4 Å². The monoisotopic (exact) mass is 307 g/mol. The van der Waals surface area contributed by atoms with Crippen LogP contribution < -0.4 is 5.32 Å². The average Bonchev–Trinajstić information content (AvgIpc) is 3.07. The minimum absolute atomic E-state index is 0.169. The summed E-state index contributed by atoms with van der Waals surface area (Å²) in [6, 6.07) is 2.18. The Morgan fingerprint density at radius 3 is 2.76 bits per heavy atom. The molecule has 1 N–H and O–H groups in total. The molecule has 0 bridgehead atoms. The Kier molecular flexibility index (Phi) is 4.58. The van der Waals surface area contributed by atoms with Crippen LogP contribution in [-0.2, 0) is 22.4 Å². The molecule has 0 atom stereocenters. The van der Waals surface area contributed by atoms with E-state index in [4.69, 9.17) is 4.74 Å². The Morgan fingerprint density at radius 1 is 1.19 bits per heavy atom. The molecule has 0 aliphatic heterocycles. The molecule has 0 unspecified atom stereocenters. The van der Waals surface area contributed by atoms with Crippen LogP contribution >= 0.6 is 11.3 Å². The molecule has 3 rings (SSSR count). The fourth-order valence-electron chi connectivity index (χ4n) is 3.15. The van der Waals surface area contributed by atoms with Gasteiger partial charge in [0, 0.05) is 10.9 Å². The number of esters is 1. The molecule has 21 heavy (non-hydrogen) atoms. The Hall–Kier alpha value is -1.36. The van der Waals surface area contributed by atoms with Crippen LogP contribution in [0.3, 0.4) is 0 Å². The van der Waals surface area contributed by atoms with Gasteiger partial charge in [-0.3, -0.25) is 4.79 Å². The van der Waals surface area contributed by atoms with Crippen molar-refractivity contribution in [1.29, 1.82) is 0 Å². The number of carbonyl (C=O) groups excluding carboxylic acids is 2. The summed E-state index contributed by atoms with van der Waals surface area (Å²) in [4.78, 5) is 25.7. The van der Waals surface area contributed by atoms with Crippen molar-refractivity contribution >= 4 is 23.2 Å². The molecule has 0 spiro atoms. The molecule has 1 aromatic rings. The SMILES string of the molecule is O=C(COC(=O)c1cc2c(s1)CCC2)NC1CCCCC1. The van der Waals surface area contributed by atoms with Gasteiger partial charge in [0.15, 0.2) is 6.61 Å². The van der Waals surface area contributed by atoms with Gasteiger partial charge in [-0.2, -0.15) is 0 Å². The number of amides is 1. The highest BCUT2D eigenvalue weighted by atomic mass is 32.1. The van der Waals surface area contributed by atoms with E-state index in [1.165, 1.54) is 47.5 Å². The van der Waals surface area contributed by atoms with Gasteiger partial charge in [0.2, 0.25) is 0 Å². The lowest BCUT2D eigenvalue weighted by Crippen LogP contribution is -2.38. The van der Waals surface area contributed by atoms with E-state index in [1.807, 2.05) is 6.07 Å². The van der Waals surface area contributed by atoms with Gasteiger partial charge >= 0.3 is 5.97 Å². The van der Waals surface area contributed by atoms with Crippen LogP contribution in [0.5, 0.6) is 0 Å². The number of carbonyl (C=O) groups is 2. The molecule has 0 aromatic carbocycles. The maximum atomic E-state index is 12.0. The molecule has 5 heteroatoms. The van der Waals surface area contributed by atoms with Crippen molar-refractivity contribution in [3.8, 4) is 0 Å². The van der Waals surface area contributed by atoms with Crippen LogP contribution in [0.15, 0.2) is 6.07 Å². The molecule has 2 aliphatic carbocycles. The highest BCUT2D eigenvalue weighted by Gasteiger charge is 2.21. The second-order valence-electron chi connectivity index (χ2n) is 5.89. The molecular formula is C16H21NO3S. The van der Waals surface area contributed by atoms with Crippen molar-refractivity contribution in [3.05, 3.63) is 21.4 Å². The first-order valence-corrected chi connectivity index (χ1v) is 8.62. The van der Waals surface area contributed by atoms with E-state index in [1.54, 1.807) is 0 Å². The van der Waals surface area contributed by atoms with Gasteiger partial charge in [0.25, 0.3) is 5.91 Å². The van der Waals surface area contributed by atoms with E-state index in [9.17, 15) is 9.59 Å². The minimum Gasteiger partial charge on any atom is -0.451 e. The third-order valence-electron chi connectivity index (χ3n) is 4.25. The summed E-state index contributed by atoms with van der Waals surface area (Å²) in [5, 5.41) is 2.95. The van der Waals surface area contributed by atoms with Crippen molar-refractivity contribution in [1.82, 2.24) is 5.32 Å². The number of nitrogens with one attached hydrogen (secondary N) is 1. The predicted octanol–water partition coefficient (Wildman–Crippen LogP) is 2.84. The highest BCUT2D eigenvalue weighted by molar-refractivity contribution is 7.14. The van der Waals surface area contributed by atoms with Crippen molar-refractivity contribution in [2.24, 2.45) is 0 Å². The summed E-state index contributed by atoms with van der Waals surface area (Å²) in [6.45, 7) is -0.169. The van der Waals surface area contributed by atoms with Gasteiger partial charge in [-0.15, -0.1) is 11.3 Å². The Bertz CT molecular complexity index is 510. The van der Waals surface area contributed by atoms with Gasteiger partial charge in [-0.05, 0) is 43.7 Å². The Labute approximate surface area is 128 Å². The average molecular weight is 307 g/mol. The lowest BCUT2D eigenvalue weighted by Gasteiger charge is -2.22. The van der Waals surface area contributed by atoms with Crippen LogP contribution in [0, 0.1) is 0 Å². The van der Waals surface area contributed by atoms with E-state index in [0.29, 0.717) is 4.88 Å². The summed E-state index contributed by atoms with van der Waals surface area (Å²) < 4.78 is 5.13. The van der Waals surface area contributed by atoms with Crippen molar-refractivity contribution < 1.29 is 14.3 Å². The van der Waals surface area contributed by atoms with Crippen LogP contribution in [-0.4, -0.2) is 24.5 Å². The molecule has 0 saturated heterocycles. The van der Waals surface area contributed by atoms with E-state index in [2.05, 4.69) is 5.32 Å². The van der Waals surface area contributed by atoms with Gasteiger partial charge < -0.3 is 10.1 Å². The zero-order valence-corrected chi connectivity index (χ0v) is 13.0. The lowest BCUT2D eigenvalue weighted by molar-refractivity contribution is -0.125. The fourth-order valence-corrected chi connectivity index (χ4v) is 4.30. The minimum atomic E-state index is -0.367. The second kappa shape index (κ2) is 6.60. The van der Waals surface area contributed by atoms with Crippen molar-refractivity contribution in [3.63, 3.8) is 0 Å². The number of hydrogen-bond acceptors (Lipinski definition) is 4. The standard InChI is InChI=1S/C16H21NO3S/c18-15(17-12-6-2-1-3-7-12)10-20-16(19)14-9-11-5-4-8-13(11)21-14/h9,12H,1-8,10H2,(H,17,18). The molecule has 1 heterocycles. The Morgan fingerprint density at radius 2 is 2.00 bits per heavy atom. The largest absolute Gasteiger partial charge is 0.451 e. The van der Waals surface area contributed by atoms with Crippen LogP contribution in [0.1, 0.15) is 58.6 Å². The van der Waals surface area contributed by atoms with Crippen LogP contribution in [0.25, 0.3) is 0 Å². The lowest BCUT2D eigenvalue weighted by atomic mass is 9.95. The number of fused-ring (bicyclic) bond motifs is 1. The maximum absolute atomic E-state index is 12.0. The molecule has 1 amide bonds. The molecule has 1 saturated carbocycles. The summed E-state index contributed by atoms with van der Waals surface area (Å²) >= 11 is 1.51. The second-order valence-corrected chi connectivity index (χ2v) is 7.03. The quantitative estimate of drug-likeness (QED) is 0.870. The summed E-state index contributed by atoms with van der Waals surface area (Å²) in [5.74, 6) is -0.549. The molecule has 114 valence electrons. The zero-order valence-electron chi connectivity index (χ0n) is 12.2. The van der Waals surface area contributed by atoms with Gasteiger partial charge in [-0.1, -0.05) is 19.3 Å². The summed E-state index contributed by atoms with van der Waals surface area (Å²) in [6.07, 6.45) is 8.98. The highest BCUT2D eigenvalue weighted by Crippen LogP contribution is 2.30. The molecule has 0 radical (unpaired) electrons. The number of hydrogen-bond donors (Lipinski definition) is 1. The maximum Gasteiger partial charge on any atom is 0.348 e. The van der Waals surface area contributed by atoms with Crippen molar-refractivity contribution in [2.45, 2.75) is 57.4 Å². The van der Waals surface area contributed by atoms with Crippen LogP contribution in [0.4, 0.5) is 0 Å². The first-order chi connectivity index (χ1) is 10.2. The van der Waals surface area contributed by atoms with E-state index in [0.717, 1.165) is 25.7 Å². The third kappa shape index (κ3) is 3.64. The van der Waals surface area contributed by atoms with Crippen molar-refractivity contribution in [2.75, 3.05) is 6.61 Å². The van der Waals surface area contributed by atoms with Gasteiger partial charge in [-0.25, -0.2) is 4.79 Å². The predicted molar refractivity (Wildman–Crippen MR) is 81.6 cm³/mol. The Balaban J connectivity index is 1.45. The van der Waals surface area contributed by atoms with Crippen LogP contribution in [0.2, 0.25) is 0 Å². The normalized spacial score (nSPS) is 18.3. The van der Waals surface area contributed by atoms with Gasteiger partial charge in [0.1, 0.15) is 4.88 Å². The smallest absolute Gasteiger partial charge is 0.348 e. The molecular weight excluding hydrogens is 286 g/mol. The summed E-state index contributed by atoms with van der Waals surface area (Å²) in [7, 11) is 0. The van der Waals surface area contributed by atoms with E-state index < -0.39 is 0 Å². The molecule has 1 aromatic heterocycles. The number of rotatable bonds is 4.